The summed E-state index contributed by atoms with van der Waals surface area (Å²) in [6.45, 7) is 0. The topological polar surface area (TPSA) is 117 Å². The Hall–Kier alpha value is -5.88. The zero-order valence-electron chi connectivity index (χ0n) is 23.3. The fourth-order valence-electron chi connectivity index (χ4n) is 6.31. The van der Waals surface area contributed by atoms with Gasteiger partial charge in [-0.15, -0.1) is 0 Å². The first-order valence-electron chi connectivity index (χ1n) is 14.0. The molecule has 7 rings (SSSR count). The molecule has 6 nitrogen and oxygen atoms in total. The molecule has 1 aliphatic carbocycles. The van der Waals surface area contributed by atoms with Crippen molar-refractivity contribution >= 4 is 34.1 Å². The van der Waals surface area contributed by atoms with Crippen LogP contribution < -0.4 is 22.1 Å². The van der Waals surface area contributed by atoms with Crippen molar-refractivity contribution in [3.05, 3.63) is 156 Å². The van der Waals surface area contributed by atoms with Gasteiger partial charge < -0.3 is 32.3 Å². The second-order valence-electron chi connectivity index (χ2n) is 10.8. The van der Waals surface area contributed by atoms with Gasteiger partial charge in [0.05, 0.1) is 16.8 Å². The molecule has 0 radical (unpaired) electrons. The summed E-state index contributed by atoms with van der Waals surface area (Å²) < 4.78 is 0. The maximum Gasteiger partial charge on any atom is 0.139 e. The van der Waals surface area contributed by atoms with Crippen molar-refractivity contribution in [2.75, 3.05) is 22.1 Å². The molecule has 1 aliphatic rings. The van der Waals surface area contributed by atoms with Gasteiger partial charge in [-0.2, -0.15) is 0 Å². The quantitative estimate of drug-likeness (QED) is 0.0901. The van der Waals surface area contributed by atoms with E-state index in [2.05, 4.69) is 59.2 Å². The van der Waals surface area contributed by atoms with E-state index in [0.29, 0.717) is 22.7 Å². The van der Waals surface area contributed by atoms with Crippen LogP contribution in [0, 0.1) is 0 Å². The van der Waals surface area contributed by atoms with E-state index in [0.717, 1.165) is 44.8 Å². The molecule has 0 fully saturated rings. The summed E-state index contributed by atoms with van der Waals surface area (Å²) in [4.78, 5) is 0. The lowest BCUT2D eigenvalue weighted by Crippen LogP contribution is -2.28. The molecule has 0 atom stereocenters. The molecule has 0 aliphatic heterocycles. The number of nitrogen functional groups attached to an aromatic ring is 2. The number of nitrogens with two attached hydrogens (primary N) is 2. The fraction of sp³-hybridized carbons (Fsp3) is 0.0270. The van der Waals surface area contributed by atoms with Crippen LogP contribution in [-0.2, 0) is 5.41 Å². The van der Waals surface area contributed by atoms with Crippen molar-refractivity contribution in [2.24, 2.45) is 0 Å². The molecule has 8 N–H and O–H groups in total. The summed E-state index contributed by atoms with van der Waals surface area (Å²) in [7, 11) is 0. The number of phenolic OH excluding ortho intramolecular Hbond substituents is 2. The number of aromatic hydroxyl groups is 2. The van der Waals surface area contributed by atoms with E-state index in [9.17, 15) is 10.2 Å². The number of nitrogens with one attached hydrogen (secondary N) is 2. The number of hydrogen-bond acceptors (Lipinski definition) is 6. The summed E-state index contributed by atoms with van der Waals surface area (Å²) in [6, 6.07) is 43.1. The predicted octanol–water partition coefficient (Wildman–Crippen LogP) is 8.11. The van der Waals surface area contributed by atoms with E-state index < -0.39 is 5.41 Å². The van der Waals surface area contributed by atoms with Crippen LogP contribution in [0.3, 0.4) is 0 Å². The Balaban J connectivity index is 1.47. The SMILES string of the molecule is Nc1cccc(Nc2cc(C3(c4ccc(O)c(Nc5cccc(N)c5)c4)c4ccccc4-c4ccccc43)ccc2O)c1. The number of anilines is 6. The molecule has 0 aromatic heterocycles. The summed E-state index contributed by atoms with van der Waals surface area (Å²) in [6.07, 6.45) is 0. The highest BCUT2D eigenvalue weighted by Gasteiger charge is 2.46. The summed E-state index contributed by atoms with van der Waals surface area (Å²) in [5.74, 6) is 0.242. The van der Waals surface area contributed by atoms with Crippen molar-refractivity contribution in [1.29, 1.82) is 0 Å². The summed E-state index contributed by atoms with van der Waals surface area (Å²) in [5.41, 5.74) is 21.6. The Morgan fingerprint density at radius 1 is 0.465 bits per heavy atom. The molecular weight excluding hydrogens is 532 g/mol. The fourth-order valence-corrected chi connectivity index (χ4v) is 6.31. The Labute approximate surface area is 249 Å². The van der Waals surface area contributed by atoms with Gasteiger partial charge in [0.25, 0.3) is 0 Å². The first-order valence-corrected chi connectivity index (χ1v) is 14.0. The third-order valence-electron chi connectivity index (χ3n) is 8.14. The lowest BCUT2D eigenvalue weighted by atomic mass is 9.67. The largest absolute Gasteiger partial charge is 0.506 e. The smallest absolute Gasteiger partial charge is 0.139 e. The van der Waals surface area contributed by atoms with Crippen LogP contribution in [0.1, 0.15) is 22.3 Å². The van der Waals surface area contributed by atoms with Gasteiger partial charge >= 0.3 is 0 Å². The molecule has 0 heterocycles. The standard InChI is InChI=1S/C37H30N4O2/c38-25-7-5-9-27(21-25)40-33-19-23(15-17-35(33)42)37(31-13-3-1-11-29(31)30-12-2-4-14-32(30)37)24-16-18-36(43)34(20-24)41-28-10-6-8-26(39)22-28/h1-22,40-43H,38-39H2. The highest BCUT2D eigenvalue weighted by atomic mass is 16.3. The molecule has 210 valence electrons. The molecule has 0 spiro atoms. The van der Waals surface area contributed by atoms with Gasteiger partial charge in [-0.3, -0.25) is 0 Å². The van der Waals surface area contributed by atoms with Crippen molar-refractivity contribution in [1.82, 2.24) is 0 Å². The van der Waals surface area contributed by atoms with Crippen molar-refractivity contribution in [3.8, 4) is 22.6 Å². The van der Waals surface area contributed by atoms with Crippen LogP contribution in [0.4, 0.5) is 34.1 Å². The first-order chi connectivity index (χ1) is 20.9. The maximum absolute atomic E-state index is 11.0. The molecule has 6 aromatic rings. The second-order valence-corrected chi connectivity index (χ2v) is 10.8. The van der Waals surface area contributed by atoms with Gasteiger partial charge in [-0.25, -0.2) is 0 Å². The molecule has 0 unspecified atom stereocenters. The van der Waals surface area contributed by atoms with Gasteiger partial charge in [0, 0.05) is 22.7 Å². The number of benzene rings is 6. The molecule has 43 heavy (non-hydrogen) atoms. The maximum atomic E-state index is 11.0. The van der Waals surface area contributed by atoms with Gasteiger partial charge in [-0.1, -0.05) is 72.8 Å². The second kappa shape index (κ2) is 10.2. The number of rotatable bonds is 6. The monoisotopic (exact) mass is 562 g/mol. The Kier molecular flexibility index (Phi) is 6.17. The average molecular weight is 563 g/mol. The van der Waals surface area contributed by atoms with Crippen LogP contribution >= 0.6 is 0 Å². The van der Waals surface area contributed by atoms with Gasteiger partial charge in [-0.05, 0) is 94.0 Å². The molecular formula is C37H30N4O2. The van der Waals surface area contributed by atoms with Crippen LogP contribution in [0.25, 0.3) is 11.1 Å². The Morgan fingerprint density at radius 3 is 1.35 bits per heavy atom. The number of fused-ring (bicyclic) bond motifs is 3. The zero-order valence-corrected chi connectivity index (χ0v) is 23.3. The minimum atomic E-state index is -0.757. The number of phenols is 2. The predicted molar refractivity (Wildman–Crippen MR) is 175 cm³/mol. The van der Waals surface area contributed by atoms with E-state index in [4.69, 9.17) is 11.5 Å². The Morgan fingerprint density at radius 2 is 0.907 bits per heavy atom. The van der Waals surface area contributed by atoms with E-state index in [1.54, 1.807) is 12.1 Å². The highest BCUT2D eigenvalue weighted by molar-refractivity contribution is 5.87. The molecule has 0 bridgehead atoms. The van der Waals surface area contributed by atoms with Crippen LogP contribution in [0.5, 0.6) is 11.5 Å². The van der Waals surface area contributed by atoms with Gasteiger partial charge in [0.2, 0.25) is 0 Å². The van der Waals surface area contributed by atoms with Gasteiger partial charge in [0.15, 0.2) is 0 Å². The van der Waals surface area contributed by atoms with E-state index in [1.807, 2.05) is 72.8 Å². The minimum Gasteiger partial charge on any atom is -0.506 e. The van der Waals surface area contributed by atoms with Gasteiger partial charge in [0.1, 0.15) is 11.5 Å². The lowest BCUT2D eigenvalue weighted by Gasteiger charge is -2.34. The van der Waals surface area contributed by atoms with E-state index in [-0.39, 0.29) is 11.5 Å². The molecule has 0 saturated heterocycles. The molecule has 6 aromatic carbocycles. The Bertz CT molecular complexity index is 1860. The first kappa shape index (κ1) is 26.0. The van der Waals surface area contributed by atoms with Crippen molar-refractivity contribution in [2.45, 2.75) is 5.41 Å². The van der Waals surface area contributed by atoms with E-state index >= 15 is 0 Å². The third-order valence-corrected chi connectivity index (χ3v) is 8.14. The van der Waals surface area contributed by atoms with Crippen molar-refractivity contribution < 1.29 is 10.2 Å². The van der Waals surface area contributed by atoms with Crippen molar-refractivity contribution in [3.63, 3.8) is 0 Å². The molecule has 0 amide bonds. The zero-order chi connectivity index (χ0) is 29.6. The summed E-state index contributed by atoms with van der Waals surface area (Å²) >= 11 is 0. The normalized spacial score (nSPS) is 12.7. The van der Waals surface area contributed by atoms with Crippen LogP contribution in [0.2, 0.25) is 0 Å². The van der Waals surface area contributed by atoms with Crippen LogP contribution in [-0.4, -0.2) is 10.2 Å². The third kappa shape index (κ3) is 4.37. The van der Waals surface area contributed by atoms with Crippen LogP contribution in [0.15, 0.2) is 133 Å². The van der Waals surface area contributed by atoms with E-state index in [1.165, 1.54) is 0 Å². The highest BCUT2D eigenvalue weighted by Crippen LogP contribution is 2.57. The minimum absolute atomic E-state index is 0.121. The lowest BCUT2D eigenvalue weighted by molar-refractivity contribution is 0.477. The number of hydrogen-bond donors (Lipinski definition) is 6. The molecule has 6 heteroatoms. The average Bonchev–Trinajstić information content (AvgIpc) is 3.31. The molecule has 0 saturated carbocycles. The summed E-state index contributed by atoms with van der Waals surface area (Å²) in [5, 5.41) is 28.7.